The number of esters is 1. The summed E-state index contributed by atoms with van der Waals surface area (Å²) in [5.74, 6) is -1.21. The summed E-state index contributed by atoms with van der Waals surface area (Å²) in [4.78, 5) is 22.9. The molecule has 0 atom stereocenters. The minimum atomic E-state index is -0.790. The molecule has 116 valence electrons. The average Bonchev–Trinajstić information content (AvgIpc) is 3.29. The summed E-state index contributed by atoms with van der Waals surface area (Å²) < 4.78 is 7.04. The van der Waals surface area contributed by atoms with Crippen molar-refractivity contribution in [3.63, 3.8) is 0 Å². The first-order valence-electron chi connectivity index (χ1n) is 7.15. The number of aryl methyl sites for hydroxylation is 1. The van der Waals surface area contributed by atoms with Gasteiger partial charge in [-0.25, -0.2) is 4.79 Å². The van der Waals surface area contributed by atoms with Gasteiger partial charge < -0.3 is 14.6 Å². The third kappa shape index (κ3) is 3.37. The van der Waals surface area contributed by atoms with E-state index in [1.165, 1.54) is 26.0 Å². The van der Waals surface area contributed by atoms with E-state index in [9.17, 15) is 9.59 Å². The molecule has 2 rings (SSSR count). The van der Waals surface area contributed by atoms with Crippen molar-refractivity contribution in [2.24, 2.45) is 0 Å². The number of amides is 1. The van der Waals surface area contributed by atoms with Gasteiger partial charge in [0, 0.05) is 24.5 Å². The van der Waals surface area contributed by atoms with Crippen molar-refractivity contribution in [1.29, 1.82) is 5.26 Å². The Morgan fingerprint density at radius 3 is 2.73 bits per heavy atom. The summed E-state index contributed by atoms with van der Waals surface area (Å²) in [6.07, 6.45) is 3.85. The molecule has 0 aliphatic heterocycles. The molecule has 1 heterocycles. The molecule has 0 saturated heterocycles. The maximum Gasteiger partial charge on any atom is 0.349 e. The van der Waals surface area contributed by atoms with Gasteiger partial charge in [-0.3, -0.25) is 4.79 Å². The zero-order valence-corrected chi connectivity index (χ0v) is 13.0. The number of rotatable bonds is 5. The SMILES string of the molecule is CNC(=O)COC(=O)/C(C#N)=C/c1cc(C)n(C2CC2)c1C. The lowest BCUT2D eigenvalue weighted by molar-refractivity contribution is -0.144. The highest BCUT2D eigenvalue weighted by atomic mass is 16.5. The van der Waals surface area contributed by atoms with Gasteiger partial charge in [-0.05, 0) is 44.4 Å². The van der Waals surface area contributed by atoms with Gasteiger partial charge in [0.1, 0.15) is 11.6 Å². The largest absolute Gasteiger partial charge is 0.451 e. The van der Waals surface area contributed by atoms with Crippen LogP contribution in [0.1, 0.15) is 35.8 Å². The van der Waals surface area contributed by atoms with Crippen LogP contribution in [-0.2, 0) is 14.3 Å². The van der Waals surface area contributed by atoms with Crippen LogP contribution in [0.4, 0.5) is 0 Å². The predicted octanol–water partition coefficient (Wildman–Crippen LogP) is 1.64. The normalized spacial score (nSPS) is 14.4. The Balaban J connectivity index is 2.18. The summed E-state index contributed by atoms with van der Waals surface area (Å²) in [6, 6.07) is 4.33. The highest BCUT2D eigenvalue weighted by Gasteiger charge is 2.27. The molecule has 1 fully saturated rings. The van der Waals surface area contributed by atoms with E-state index < -0.39 is 18.5 Å². The van der Waals surface area contributed by atoms with Crippen LogP contribution >= 0.6 is 0 Å². The third-order valence-corrected chi connectivity index (χ3v) is 3.69. The predicted molar refractivity (Wildman–Crippen MR) is 80.8 cm³/mol. The number of carbonyl (C=O) groups excluding carboxylic acids is 2. The Morgan fingerprint density at radius 1 is 1.50 bits per heavy atom. The molecule has 1 aliphatic carbocycles. The molecule has 6 heteroatoms. The van der Waals surface area contributed by atoms with Crippen LogP contribution < -0.4 is 5.32 Å². The Kier molecular flexibility index (Phi) is 4.66. The van der Waals surface area contributed by atoms with Crippen LogP contribution in [0.3, 0.4) is 0 Å². The van der Waals surface area contributed by atoms with E-state index in [1.807, 2.05) is 26.0 Å². The van der Waals surface area contributed by atoms with Crippen molar-refractivity contribution in [3.8, 4) is 6.07 Å². The van der Waals surface area contributed by atoms with Crippen molar-refractivity contribution in [2.75, 3.05) is 13.7 Å². The number of carbonyl (C=O) groups is 2. The lowest BCUT2D eigenvalue weighted by Crippen LogP contribution is -2.25. The second-order valence-corrected chi connectivity index (χ2v) is 5.35. The number of nitriles is 1. The fraction of sp³-hybridized carbons (Fsp3) is 0.438. The van der Waals surface area contributed by atoms with Gasteiger partial charge in [0.05, 0.1) is 0 Å². The van der Waals surface area contributed by atoms with Crippen LogP contribution in [0.5, 0.6) is 0 Å². The van der Waals surface area contributed by atoms with E-state index in [0.29, 0.717) is 6.04 Å². The number of likely N-dealkylation sites (N-methyl/N-ethyl adjacent to an activating group) is 1. The molecule has 0 bridgehead atoms. The van der Waals surface area contributed by atoms with Gasteiger partial charge in [0.25, 0.3) is 5.91 Å². The molecular weight excluding hydrogens is 282 g/mol. The molecule has 0 radical (unpaired) electrons. The Labute approximate surface area is 129 Å². The van der Waals surface area contributed by atoms with Gasteiger partial charge in [0.2, 0.25) is 0 Å². The Bertz CT molecular complexity index is 676. The number of nitrogens with zero attached hydrogens (tertiary/aromatic N) is 2. The van der Waals surface area contributed by atoms with Gasteiger partial charge >= 0.3 is 5.97 Å². The summed E-state index contributed by atoms with van der Waals surface area (Å²) in [7, 11) is 1.45. The molecule has 1 aliphatic rings. The van der Waals surface area contributed by atoms with E-state index >= 15 is 0 Å². The minimum absolute atomic E-state index is 0.111. The fourth-order valence-electron chi connectivity index (χ4n) is 2.42. The van der Waals surface area contributed by atoms with Crippen LogP contribution in [-0.4, -0.2) is 30.1 Å². The first kappa shape index (κ1) is 15.8. The van der Waals surface area contributed by atoms with E-state index in [2.05, 4.69) is 9.88 Å². The Hall–Kier alpha value is -2.55. The summed E-state index contributed by atoms with van der Waals surface area (Å²) in [5.41, 5.74) is 2.87. The molecule has 0 spiro atoms. The van der Waals surface area contributed by atoms with Gasteiger partial charge in [0.15, 0.2) is 6.61 Å². The third-order valence-electron chi connectivity index (χ3n) is 3.69. The maximum atomic E-state index is 11.8. The van der Waals surface area contributed by atoms with E-state index in [-0.39, 0.29) is 5.57 Å². The zero-order chi connectivity index (χ0) is 16.3. The molecular formula is C16H19N3O3. The van der Waals surface area contributed by atoms with Gasteiger partial charge in [-0.15, -0.1) is 0 Å². The van der Waals surface area contributed by atoms with Gasteiger partial charge in [-0.1, -0.05) is 0 Å². The molecule has 1 saturated carbocycles. The van der Waals surface area contributed by atoms with Crippen molar-refractivity contribution in [1.82, 2.24) is 9.88 Å². The van der Waals surface area contributed by atoms with E-state index in [4.69, 9.17) is 10.00 Å². The second-order valence-electron chi connectivity index (χ2n) is 5.35. The fourth-order valence-corrected chi connectivity index (χ4v) is 2.42. The van der Waals surface area contributed by atoms with Crippen LogP contribution in [0.25, 0.3) is 6.08 Å². The number of nitrogens with one attached hydrogen (secondary N) is 1. The minimum Gasteiger partial charge on any atom is -0.451 e. The van der Waals surface area contributed by atoms with E-state index in [0.717, 1.165) is 17.0 Å². The van der Waals surface area contributed by atoms with Crippen LogP contribution in [0.2, 0.25) is 0 Å². The molecule has 1 amide bonds. The highest BCUT2D eigenvalue weighted by molar-refractivity contribution is 5.99. The molecule has 6 nitrogen and oxygen atoms in total. The molecule has 1 N–H and O–H groups in total. The van der Waals surface area contributed by atoms with Crippen molar-refractivity contribution >= 4 is 18.0 Å². The molecule has 0 aromatic carbocycles. The monoisotopic (exact) mass is 301 g/mol. The molecule has 0 unspecified atom stereocenters. The second kappa shape index (κ2) is 6.48. The number of hydrogen-bond acceptors (Lipinski definition) is 4. The lowest BCUT2D eigenvalue weighted by atomic mass is 10.1. The van der Waals surface area contributed by atoms with Crippen LogP contribution in [0, 0.1) is 25.2 Å². The van der Waals surface area contributed by atoms with Gasteiger partial charge in [-0.2, -0.15) is 5.26 Å². The molecule has 1 aromatic rings. The number of aromatic nitrogens is 1. The summed E-state index contributed by atoms with van der Waals surface area (Å²) in [6.45, 7) is 3.59. The van der Waals surface area contributed by atoms with Crippen LogP contribution in [0.15, 0.2) is 11.6 Å². The topological polar surface area (TPSA) is 84.1 Å². The van der Waals surface area contributed by atoms with Crippen molar-refractivity contribution in [3.05, 3.63) is 28.6 Å². The Morgan fingerprint density at radius 2 is 2.18 bits per heavy atom. The van der Waals surface area contributed by atoms with E-state index in [1.54, 1.807) is 0 Å². The first-order valence-corrected chi connectivity index (χ1v) is 7.15. The average molecular weight is 301 g/mol. The summed E-state index contributed by atoms with van der Waals surface area (Å²) >= 11 is 0. The smallest absolute Gasteiger partial charge is 0.349 e. The maximum absolute atomic E-state index is 11.8. The standard InChI is InChI=1S/C16H19N3O3/c1-10-6-12(11(2)19(10)14-4-5-14)7-13(8-17)16(21)22-9-15(20)18-3/h6-7,14H,4-5,9H2,1-3H3,(H,18,20)/b13-7+. The highest BCUT2D eigenvalue weighted by Crippen LogP contribution is 2.38. The number of ether oxygens (including phenoxy) is 1. The van der Waals surface area contributed by atoms with Crippen molar-refractivity contribution in [2.45, 2.75) is 32.7 Å². The quantitative estimate of drug-likeness (QED) is 0.509. The number of hydrogen-bond donors (Lipinski definition) is 1. The first-order chi connectivity index (χ1) is 10.5. The molecule has 22 heavy (non-hydrogen) atoms. The zero-order valence-electron chi connectivity index (χ0n) is 13.0. The van der Waals surface area contributed by atoms with Crippen molar-refractivity contribution < 1.29 is 14.3 Å². The molecule has 1 aromatic heterocycles. The lowest BCUT2D eigenvalue weighted by Gasteiger charge is -2.07. The summed E-state index contributed by atoms with van der Waals surface area (Å²) in [5, 5.41) is 11.5.